The molecule has 0 aliphatic carbocycles. The van der Waals surface area contributed by atoms with Crippen LogP contribution in [-0.2, 0) is 6.42 Å². The number of hydrogen-bond donors (Lipinski definition) is 1. The number of anilines is 1. The zero-order chi connectivity index (χ0) is 14.7. The van der Waals surface area contributed by atoms with Gasteiger partial charge in [0.2, 0.25) is 0 Å². The van der Waals surface area contributed by atoms with Crippen molar-refractivity contribution in [2.45, 2.75) is 38.3 Å². The van der Waals surface area contributed by atoms with Crippen LogP contribution >= 0.6 is 0 Å². The predicted molar refractivity (Wildman–Crippen MR) is 82.7 cm³/mol. The zero-order valence-corrected chi connectivity index (χ0v) is 12.8. The van der Waals surface area contributed by atoms with E-state index in [1.54, 1.807) is 12.1 Å². The van der Waals surface area contributed by atoms with E-state index in [9.17, 15) is 4.39 Å². The highest BCUT2D eigenvalue weighted by Crippen LogP contribution is 2.27. The molecular formula is C16H26FN3. The van der Waals surface area contributed by atoms with Gasteiger partial charge in [0.1, 0.15) is 5.82 Å². The molecule has 1 aliphatic heterocycles. The molecule has 1 aromatic rings. The summed E-state index contributed by atoms with van der Waals surface area (Å²) in [5.74, 6) is -0.179. The van der Waals surface area contributed by atoms with Crippen LogP contribution in [0.3, 0.4) is 0 Å². The Kier molecular flexibility index (Phi) is 5.00. The second-order valence-corrected chi connectivity index (χ2v) is 6.10. The fraction of sp³-hybridized carbons (Fsp3) is 0.625. The minimum absolute atomic E-state index is 0.0430. The molecule has 1 aromatic carbocycles. The Morgan fingerprint density at radius 3 is 2.65 bits per heavy atom. The Labute approximate surface area is 121 Å². The quantitative estimate of drug-likeness (QED) is 0.917. The van der Waals surface area contributed by atoms with Gasteiger partial charge in [-0.1, -0.05) is 0 Å². The van der Waals surface area contributed by atoms with Crippen molar-refractivity contribution in [2.24, 2.45) is 5.73 Å². The van der Waals surface area contributed by atoms with E-state index >= 15 is 0 Å². The van der Waals surface area contributed by atoms with Gasteiger partial charge in [-0.25, -0.2) is 4.39 Å². The summed E-state index contributed by atoms with van der Waals surface area (Å²) in [6, 6.07) is 5.64. The van der Waals surface area contributed by atoms with E-state index in [0.717, 1.165) is 37.2 Å². The standard InChI is InChI=1S/C16H26FN3/c1-12(18)10-13-11-14(17)4-5-16(13)20(3)15-6-8-19(2)9-7-15/h4-5,11-12,15H,6-10,18H2,1-3H3. The van der Waals surface area contributed by atoms with Gasteiger partial charge in [0.25, 0.3) is 0 Å². The summed E-state index contributed by atoms with van der Waals surface area (Å²) in [5.41, 5.74) is 8.03. The third kappa shape index (κ3) is 3.70. The van der Waals surface area contributed by atoms with Crippen LogP contribution in [-0.4, -0.2) is 44.2 Å². The maximum absolute atomic E-state index is 13.5. The SMILES string of the molecule is CC(N)Cc1cc(F)ccc1N(C)C1CCN(C)CC1. The average molecular weight is 279 g/mol. The first-order valence-electron chi connectivity index (χ1n) is 7.42. The number of hydrogen-bond acceptors (Lipinski definition) is 3. The molecule has 20 heavy (non-hydrogen) atoms. The van der Waals surface area contributed by atoms with Crippen LogP contribution in [0, 0.1) is 5.82 Å². The van der Waals surface area contributed by atoms with E-state index in [4.69, 9.17) is 5.73 Å². The van der Waals surface area contributed by atoms with Gasteiger partial charge in [-0.05, 0) is 70.1 Å². The second-order valence-electron chi connectivity index (χ2n) is 6.10. The van der Waals surface area contributed by atoms with E-state index in [1.807, 2.05) is 13.0 Å². The van der Waals surface area contributed by atoms with Crippen molar-refractivity contribution in [1.82, 2.24) is 4.90 Å². The van der Waals surface area contributed by atoms with Gasteiger partial charge < -0.3 is 15.5 Å². The minimum atomic E-state index is -0.179. The van der Waals surface area contributed by atoms with Gasteiger partial charge in [-0.15, -0.1) is 0 Å². The molecule has 1 saturated heterocycles. The molecule has 1 fully saturated rings. The highest BCUT2D eigenvalue weighted by atomic mass is 19.1. The molecule has 1 heterocycles. The Morgan fingerprint density at radius 2 is 2.05 bits per heavy atom. The van der Waals surface area contributed by atoms with Crippen LogP contribution in [0.2, 0.25) is 0 Å². The van der Waals surface area contributed by atoms with Gasteiger partial charge in [-0.2, -0.15) is 0 Å². The predicted octanol–water partition coefficient (Wildman–Crippen LogP) is 2.25. The third-order valence-corrected chi connectivity index (χ3v) is 4.20. The first-order valence-corrected chi connectivity index (χ1v) is 7.42. The van der Waals surface area contributed by atoms with Crippen LogP contribution in [0.5, 0.6) is 0 Å². The highest BCUT2D eigenvalue weighted by Gasteiger charge is 2.22. The van der Waals surface area contributed by atoms with Crippen molar-refractivity contribution in [2.75, 3.05) is 32.1 Å². The third-order valence-electron chi connectivity index (χ3n) is 4.20. The molecule has 3 nitrogen and oxygen atoms in total. The summed E-state index contributed by atoms with van der Waals surface area (Å²) in [5, 5.41) is 0. The van der Waals surface area contributed by atoms with E-state index < -0.39 is 0 Å². The number of nitrogens with two attached hydrogens (primary N) is 1. The van der Waals surface area contributed by atoms with Gasteiger partial charge in [0.15, 0.2) is 0 Å². The summed E-state index contributed by atoms with van der Waals surface area (Å²) in [4.78, 5) is 4.67. The zero-order valence-electron chi connectivity index (χ0n) is 12.8. The summed E-state index contributed by atoms with van der Waals surface area (Å²) in [6.45, 7) is 4.21. The Morgan fingerprint density at radius 1 is 1.40 bits per heavy atom. The van der Waals surface area contributed by atoms with Crippen molar-refractivity contribution in [1.29, 1.82) is 0 Å². The Bertz CT molecular complexity index is 439. The summed E-state index contributed by atoms with van der Waals surface area (Å²) in [6.07, 6.45) is 3.02. The molecule has 112 valence electrons. The van der Waals surface area contributed by atoms with E-state index in [1.165, 1.54) is 0 Å². The maximum Gasteiger partial charge on any atom is 0.123 e. The van der Waals surface area contributed by atoms with Crippen LogP contribution in [0.1, 0.15) is 25.3 Å². The maximum atomic E-state index is 13.5. The van der Waals surface area contributed by atoms with Crippen molar-refractivity contribution < 1.29 is 4.39 Å². The van der Waals surface area contributed by atoms with Gasteiger partial charge in [0.05, 0.1) is 0 Å². The summed E-state index contributed by atoms with van der Waals surface area (Å²) < 4.78 is 13.5. The molecule has 0 saturated carbocycles. The highest BCUT2D eigenvalue weighted by molar-refractivity contribution is 5.54. The lowest BCUT2D eigenvalue weighted by Crippen LogP contribution is -2.42. The molecule has 1 unspecified atom stereocenters. The first kappa shape index (κ1) is 15.3. The Hall–Kier alpha value is -1.13. The van der Waals surface area contributed by atoms with E-state index in [0.29, 0.717) is 12.5 Å². The number of halogens is 1. The number of rotatable bonds is 4. The lowest BCUT2D eigenvalue weighted by atomic mass is 10.00. The smallest absolute Gasteiger partial charge is 0.123 e. The monoisotopic (exact) mass is 279 g/mol. The van der Waals surface area contributed by atoms with Crippen molar-refractivity contribution in [3.8, 4) is 0 Å². The van der Waals surface area contributed by atoms with Crippen LogP contribution in [0.4, 0.5) is 10.1 Å². The van der Waals surface area contributed by atoms with Crippen molar-refractivity contribution in [3.05, 3.63) is 29.6 Å². The first-order chi connectivity index (χ1) is 9.47. The van der Waals surface area contributed by atoms with Gasteiger partial charge in [0, 0.05) is 24.8 Å². The van der Waals surface area contributed by atoms with Crippen LogP contribution in [0.15, 0.2) is 18.2 Å². The largest absolute Gasteiger partial charge is 0.371 e. The van der Waals surface area contributed by atoms with E-state index in [2.05, 4.69) is 23.9 Å². The molecule has 0 radical (unpaired) electrons. The fourth-order valence-electron chi connectivity index (χ4n) is 2.99. The molecule has 0 aromatic heterocycles. The molecular weight excluding hydrogens is 253 g/mol. The molecule has 1 atom stereocenters. The second kappa shape index (κ2) is 6.55. The lowest BCUT2D eigenvalue weighted by Gasteiger charge is -2.37. The number of likely N-dealkylation sites (tertiary alicyclic amines) is 1. The molecule has 0 spiro atoms. The van der Waals surface area contributed by atoms with Crippen LogP contribution < -0.4 is 10.6 Å². The molecule has 2 rings (SSSR count). The van der Waals surface area contributed by atoms with Crippen molar-refractivity contribution in [3.63, 3.8) is 0 Å². The van der Waals surface area contributed by atoms with Crippen molar-refractivity contribution >= 4 is 5.69 Å². The molecule has 1 aliphatic rings. The fourth-order valence-corrected chi connectivity index (χ4v) is 2.99. The minimum Gasteiger partial charge on any atom is -0.371 e. The number of nitrogens with zero attached hydrogens (tertiary/aromatic N) is 2. The van der Waals surface area contributed by atoms with Gasteiger partial charge in [-0.3, -0.25) is 0 Å². The van der Waals surface area contributed by atoms with E-state index in [-0.39, 0.29) is 11.9 Å². The summed E-state index contributed by atoms with van der Waals surface area (Å²) in [7, 11) is 4.28. The van der Waals surface area contributed by atoms with Gasteiger partial charge >= 0.3 is 0 Å². The number of benzene rings is 1. The molecule has 0 bridgehead atoms. The average Bonchev–Trinajstić information content (AvgIpc) is 2.38. The molecule has 4 heteroatoms. The topological polar surface area (TPSA) is 32.5 Å². The summed E-state index contributed by atoms with van der Waals surface area (Å²) >= 11 is 0. The Balaban J connectivity index is 2.18. The lowest BCUT2D eigenvalue weighted by molar-refractivity contribution is 0.252. The number of piperidine rings is 1. The normalized spacial score (nSPS) is 19.1. The molecule has 0 amide bonds. The molecule has 2 N–H and O–H groups in total. The van der Waals surface area contributed by atoms with Crippen LogP contribution in [0.25, 0.3) is 0 Å².